The van der Waals surface area contributed by atoms with Crippen LogP contribution in [0.1, 0.15) is 0 Å². The van der Waals surface area contributed by atoms with Gasteiger partial charge in [0.25, 0.3) is 0 Å². The zero-order valence-electron chi connectivity index (χ0n) is 4.12. The molecule has 0 radical (unpaired) electrons. The van der Waals surface area contributed by atoms with E-state index in [1.54, 1.807) is 0 Å². The molecule has 0 aromatic carbocycles. The fourth-order valence-electron chi connectivity index (χ4n) is 0. The predicted octanol–water partition coefficient (Wildman–Crippen LogP) is -12.1. The van der Waals surface area contributed by atoms with Gasteiger partial charge in [0.05, 0.1) is 7.82 Å². The molecule has 0 aromatic heterocycles. The number of rotatable bonds is 0. The first-order chi connectivity index (χ1) is 2.00. The van der Waals surface area contributed by atoms with Crippen LogP contribution in [0.15, 0.2) is 0 Å². The predicted molar refractivity (Wildman–Crippen MR) is 52.7 cm³/mol. The summed E-state index contributed by atoms with van der Waals surface area (Å²) in [5.41, 5.74) is 0. The van der Waals surface area contributed by atoms with Crippen LogP contribution in [-0.2, 0) is 4.57 Å². The van der Waals surface area contributed by atoms with Crippen molar-refractivity contribution in [1.29, 1.82) is 0 Å². The first-order valence-electron chi connectivity index (χ1n) is 0.748. The van der Waals surface area contributed by atoms with Crippen molar-refractivity contribution in [2.24, 2.45) is 0 Å². The van der Waals surface area contributed by atoms with Crippen molar-refractivity contribution in [3.05, 3.63) is 0 Å². The molecule has 0 saturated heterocycles. The van der Waals surface area contributed by atoms with E-state index in [1.807, 2.05) is 0 Å². The van der Waals surface area contributed by atoms with E-state index in [4.69, 9.17) is 19.2 Å². The van der Waals surface area contributed by atoms with Gasteiger partial charge in [-0.05, 0) is 0 Å². The Balaban J connectivity index is -0.00000000286. The molecule has 0 fully saturated rings. The van der Waals surface area contributed by atoms with Gasteiger partial charge in [0.1, 0.15) is 0 Å². The van der Waals surface area contributed by atoms with E-state index in [0.717, 1.165) is 0 Å². The molecule has 13 heteroatoms. The number of hydrogen-bond donors (Lipinski definition) is 1. The van der Waals surface area contributed by atoms with Crippen molar-refractivity contribution in [3.63, 3.8) is 0 Å². The van der Waals surface area contributed by atoms with Crippen LogP contribution in [0.4, 0.5) is 0 Å². The zero-order chi connectivity index (χ0) is 4.50. The number of hydrogen-bond acceptors (Lipinski definition) is 3. The molecule has 0 aliphatic rings. The van der Waals surface area contributed by atoms with Crippen molar-refractivity contribution in [2.75, 3.05) is 0 Å². The Hall–Kier alpha value is 8.11. The molecule has 0 heterocycles. The van der Waals surface area contributed by atoms with Crippen LogP contribution in [0.25, 0.3) is 0 Å². The summed E-state index contributed by atoms with van der Waals surface area (Å²) in [6.07, 6.45) is 0. The summed E-state index contributed by atoms with van der Waals surface area (Å²) >= 11 is 0. The van der Waals surface area contributed by atoms with E-state index < -0.39 is 7.82 Å². The van der Waals surface area contributed by atoms with Crippen molar-refractivity contribution < 1.29 is 78.4 Å². The molecule has 0 bridgehead atoms. The fraction of sp³-hybridized carbons (Fsp3) is 0. The van der Waals surface area contributed by atoms with E-state index >= 15 is 0 Å². The topological polar surface area (TPSA) is 83.4 Å². The van der Waals surface area contributed by atoms with Gasteiger partial charge < -0.3 is 19.2 Å². The second kappa shape index (κ2) is 36.9. The van der Waals surface area contributed by atoms with Crippen LogP contribution >= 0.6 is 7.82 Å². The summed E-state index contributed by atoms with van der Waals surface area (Å²) in [5, 5.41) is 0. The molecule has 13 heavy (non-hydrogen) atoms. The van der Waals surface area contributed by atoms with Crippen molar-refractivity contribution >= 4 is 185 Å². The van der Waals surface area contributed by atoms with Crippen molar-refractivity contribution in [3.8, 4) is 0 Å². The molecular formula is H7Na8O4P. The van der Waals surface area contributed by atoms with Gasteiger partial charge in [-0.2, -0.15) is 0 Å². The van der Waals surface area contributed by atoms with Crippen molar-refractivity contribution in [1.82, 2.24) is 0 Å². The van der Waals surface area contributed by atoms with Gasteiger partial charge in [0.2, 0.25) is 0 Å². The van der Waals surface area contributed by atoms with Gasteiger partial charge in [0.15, 0.2) is 0 Å². The maximum absolute atomic E-state index is 8.66. The van der Waals surface area contributed by atoms with Crippen LogP contribution in [-0.4, -0.2) is 182 Å². The Morgan fingerprint density at radius 3 is 0.769 bits per heavy atom. The van der Waals surface area contributed by atoms with Crippen LogP contribution in [0.3, 0.4) is 0 Å². The SMILES string of the molecule is O=P([O-])([O-])O.[Na+].[Na+].[NaH].[NaH].[NaH].[NaH].[NaH].[NaH]. The maximum atomic E-state index is 8.66. The molecule has 0 atom stereocenters. The van der Waals surface area contributed by atoms with E-state index in [2.05, 4.69) is 0 Å². The van der Waals surface area contributed by atoms with E-state index in [1.165, 1.54) is 0 Å². The monoisotopic (exact) mass is 286 g/mol. The van der Waals surface area contributed by atoms with Gasteiger partial charge in [-0.3, -0.25) is 0 Å². The molecule has 0 amide bonds. The Kier molecular flexibility index (Phi) is 165. The summed E-state index contributed by atoms with van der Waals surface area (Å²) in [6.45, 7) is 0. The Morgan fingerprint density at radius 2 is 0.769 bits per heavy atom. The first-order valence-corrected chi connectivity index (χ1v) is 2.24. The quantitative estimate of drug-likeness (QED) is 0.354. The standard InChI is InChI=1S/8Na.H3O4P.6H/c;;;;;;;;1-5(2,3)4;;;;;;/h;;;;;;;;(H3,1,2,3,4);;;;;;/q;;;;;;2*+1;;;;;;;/p-2. The van der Waals surface area contributed by atoms with Crippen LogP contribution < -0.4 is 68.9 Å². The van der Waals surface area contributed by atoms with Gasteiger partial charge in [0, 0.05) is 0 Å². The molecule has 4 nitrogen and oxygen atoms in total. The normalized spacial score (nSPS) is 4.54. The number of phosphoric acid groups is 1. The van der Waals surface area contributed by atoms with Crippen molar-refractivity contribution in [2.45, 2.75) is 0 Å². The summed E-state index contributed by atoms with van der Waals surface area (Å²) in [4.78, 5) is 24.3. The second-order valence-corrected chi connectivity index (χ2v) is 1.41. The van der Waals surface area contributed by atoms with Gasteiger partial charge in [-0.1, -0.05) is 0 Å². The second-order valence-electron chi connectivity index (χ2n) is 0.469. The van der Waals surface area contributed by atoms with E-state index in [-0.39, 0.29) is 236 Å². The minimum atomic E-state index is -5.14. The fourth-order valence-corrected chi connectivity index (χ4v) is 0. The van der Waals surface area contributed by atoms with Gasteiger partial charge in [-0.15, -0.1) is 0 Å². The molecule has 44 valence electrons. The van der Waals surface area contributed by atoms with Crippen LogP contribution in [0, 0.1) is 0 Å². The third-order valence-electron chi connectivity index (χ3n) is 0. The first kappa shape index (κ1) is 58.2. The van der Waals surface area contributed by atoms with Crippen LogP contribution in [0.2, 0.25) is 0 Å². The molecule has 0 saturated carbocycles. The van der Waals surface area contributed by atoms with Gasteiger partial charge >= 0.3 is 236 Å². The van der Waals surface area contributed by atoms with E-state index in [9.17, 15) is 0 Å². The minimum absolute atomic E-state index is 0. The summed E-state index contributed by atoms with van der Waals surface area (Å²) < 4.78 is 8.66. The molecule has 0 unspecified atom stereocenters. The molecular weight excluding hydrogens is 279 g/mol. The Morgan fingerprint density at radius 1 is 0.769 bits per heavy atom. The van der Waals surface area contributed by atoms with E-state index in [0.29, 0.717) is 0 Å². The molecule has 0 aliphatic heterocycles. The molecule has 0 aliphatic carbocycles. The Labute approximate surface area is 256 Å². The van der Waals surface area contributed by atoms with Crippen LogP contribution in [0.5, 0.6) is 0 Å². The summed E-state index contributed by atoms with van der Waals surface area (Å²) in [6, 6.07) is 0. The summed E-state index contributed by atoms with van der Waals surface area (Å²) in [5.74, 6) is 0. The third kappa shape index (κ3) is 100. The third-order valence-corrected chi connectivity index (χ3v) is 0. The molecule has 0 spiro atoms. The average Bonchev–Trinajstić information content (AvgIpc) is 0.722. The molecule has 0 rings (SSSR count). The Bertz CT molecular complexity index is 62.3. The van der Waals surface area contributed by atoms with Gasteiger partial charge in [-0.25, -0.2) is 0 Å². The molecule has 1 N–H and O–H groups in total. The average molecular weight is 286 g/mol. The molecule has 0 aromatic rings. The summed E-state index contributed by atoms with van der Waals surface area (Å²) in [7, 11) is -5.14. The zero-order valence-corrected chi connectivity index (χ0v) is 9.01.